The Morgan fingerprint density at radius 1 is 0.933 bits per heavy atom. The van der Waals surface area contributed by atoms with Crippen molar-refractivity contribution in [2.24, 2.45) is 76.4 Å². The van der Waals surface area contributed by atoms with Crippen LogP contribution in [0.1, 0.15) is 31.2 Å². The lowest BCUT2D eigenvalue weighted by atomic mass is 9.60. The molecule has 8 aliphatic carbocycles. The molecule has 1 aromatic carbocycles. The number of hydrogen-bond donors (Lipinski definition) is 0. The fourth-order valence-corrected chi connectivity index (χ4v) is 12.8. The smallest absolute Gasteiger partial charge is 0.312 e. The predicted molar refractivity (Wildman–Crippen MR) is 112 cm³/mol. The van der Waals surface area contributed by atoms with Gasteiger partial charge in [-0.2, -0.15) is 0 Å². The minimum absolute atomic E-state index is 0.161. The Kier molecular flexibility index (Phi) is 2.56. The normalized spacial score (nSPS) is 58.6. The van der Waals surface area contributed by atoms with Crippen LogP contribution in [0.25, 0.3) is 0 Å². The van der Waals surface area contributed by atoms with E-state index in [4.69, 9.17) is 4.74 Å². The van der Waals surface area contributed by atoms with E-state index < -0.39 is 0 Å². The number of benzene rings is 1. The van der Waals surface area contributed by atoms with Gasteiger partial charge in [-0.3, -0.25) is 4.79 Å². The van der Waals surface area contributed by atoms with Crippen molar-refractivity contribution in [3.63, 3.8) is 0 Å². The third kappa shape index (κ3) is 1.33. The number of rotatable bonds is 3. The summed E-state index contributed by atoms with van der Waals surface area (Å²) in [6.07, 6.45) is 6.44. The van der Waals surface area contributed by atoms with Crippen LogP contribution in [-0.2, 0) is 16.0 Å². The lowest BCUT2D eigenvalue weighted by molar-refractivity contribution is -0.162. The number of carbonyl (C=O) groups excluding carboxylic acids is 1. The lowest BCUT2D eigenvalue weighted by Gasteiger charge is -2.42. The second kappa shape index (κ2) is 4.76. The van der Waals surface area contributed by atoms with Crippen LogP contribution in [-0.4, -0.2) is 13.1 Å². The SMILES string of the molecule is COC(=O)[C@@]1(Cc2ccccc2)[C@@H]2[C@@H]3CCC4=C5[C@H]6[C@H]([C@@H]43)[C@@H]2[C@@H]2[C@@H]6[C@H]3[C@@H](CC[C@@H]53)[C@@H]21. The molecule has 1 aromatic rings. The molecule has 0 amide bonds. The molecule has 0 unspecified atom stereocenters. The van der Waals surface area contributed by atoms with Crippen LogP contribution in [0, 0.1) is 76.4 Å². The Labute approximate surface area is 178 Å². The standard InChI is InChI=1S/C28H30O2/c1-30-27(29)28(11-12-5-3-2-4-6-12)25-15-9-7-13-17-14-8-10-16-19(14)22-20(17)21(18(13)15)23(25)24(22)26(16)28/h2-6,13,15-16,18-26H,7-11H2,1H3/t13-,15+,16+,18+,19-,20+,21+,22-,23-,24+,25-,26+,28+/m0/s1. The van der Waals surface area contributed by atoms with E-state index in [9.17, 15) is 4.79 Å². The molecule has 0 saturated heterocycles. The molecule has 9 rings (SSSR count). The Bertz CT molecular complexity index is 1040. The van der Waals surface area contributed by atoms with Crippen LogP contribution in [0.5, 0.6) is 0 Å². The molecule has 2 heteroatoms. The largest absolute Gasteiger partial charge is 0.469 e. The van der Waals surface area contributed by atoms with Crippen LogP contribution in [0.2, 0.25) is 0 Å². The van der Waals surface area contributed by atoms with Gasteiger partial charge in [-0.25, -0.2) is 0 Å². The number of fused-ring (bicyclic) bond motifs is 3. The first-order chi connectivity index (χ1) is 14.8. The molecule has 0 aromatic heterocycles. The van der Waals surface area contributed by atoms with Crippen molar-refractivity contribution in [1.29, 1.82) is 0 Å². The summed E-state index contributed by atoms with van der Waals surface area (Å²) in [4.78, 5) is 14.0. The van der Waals surface area contributed by atoms with Gasteiger partial charge < -0.3 is 4.74 Å². The highest BCUT2D eigenvalue weighted by molar-refractivity contribution is 5.80. The molecule has 8 aliphatic rings. The first kappa shape index (κ1) is 16.1. The Morgan fingerprint density at radius 2 is 1.73 bits per heavy atom. The molecule has 0 spiro atoms. The summed E-state index contributed by atoms with van der Waals surface area (Å²) < 4.78 is 5.77. The number of carbonyl (C=O) groups is 1. The van der Waals surface area contributed by atoms with Crippen molar-refractivity contribution in [2.45, 2.75) is 32.1 Å². The highest BCUT2D eigenvalue weighted by atomic mass is 16.5. The summed E-state index contributed by atoms with van der Waals surface area (Å²) in [5.41, 5.74) is 5.07. The Hall–Kier alpha value is -1.57. The quantitative estimate of drug-likeness (QED) is 0.543. The number of methoxy groups -OCH3 is 1. The van der Waals surface area contributed by atoms with Gasteiger partial charge in [-0.05, 0) is 109 Å². The van der Waals surface area contributed by atoms with Gasteiger partial charge in [0.25, 0.3) is 0 Å². The molecule has 154 valence electrons. The van der Waals surface area contributed by atoms with Gasteiger partial charge in [0.15, 0.2) is 0 Å². The van der Waals surface area contributed by atoms with Crippen LogP contribution >= 0.6 is 0 Å². The van der Waals surface area contributed by atoms with Crippen molar-refractivity contribution in [1.82, 2.24) is 0 Å². The molecule has 30 heavy (non-hydrogen) atoms. The van der Waals surface area contributed by atoms with E-state index in [1.165, 1.54) is 31.2 Å². The molecule has 13 atom stereocenters. The third-order valence-corrected chi connectivity index (χ3v) is 12.4. The van der Waals surface area contributed by atoms with E-state index in [0.29, 0.717) is 11.8 Å². The molecular formula is C28H30O2. The summed E-state index contributed by atoms with van der Waals surface area (Å²) >= 11 is 0. The fraction of sp³-hybridized carbons (Fsp3) is 0.679. The number of ether oxygens (including phenoxy) is 1. The highest BCUT2D eigenvalue weighted by Crippen LogP contribution is 2.89. The maximum absolute atomic E-state index is 14.0. The summed E-state index contributed by atoms with van der Waals surface area (Å²) in [5, 5.41) is 0. The molecule has 2 nitrogen and oxygen atoms in total. The summed E-state index contributed by atoms with van der Waals surface area (Å²) in [6.45, 7) is 0. The average Bonchev–Trinajstić information content (AvgIpc) is 3.53. The zero-order valence-corrected chi connectivity index (χ0v) is 17.7. The van der Waals surface area contributed by atoms with Gasteiger partial charge in [-0.15, -0.1) is 0 Å². The molecule has 0 N–H and O–H groups in total. The van der Waals surface area contributed by atoms with E-state index in [1.807, 2.05) is 11.1 Å². The van der Waals surface area contributed by atoms with Gasteiger partial charge in [0.2, 0.25) is 0 Å². The van der Waals surface area contributed by atoms with Gasteiger partial charge in [0.05, 0.1) is 12.5 Å². The topological polar surface area (TPSA) is 26.3 Å². The van der Waals surface area contributed by atoms with E-state index in [1.54, 1.807) is 7.11 Å². The number of hydrogen-bond acceptors (Lipinski definition) is 2. The second-order valence-electron chi connectivity index (χ2n) is 12.2. The van der Waals surface area contributed by atoms with Crippen molar-refractivity contribution in [3.05, 3.63) is 47.0 Å². The molecule has 0 bridgehead atoms. The summed E-state index contributed by atoms with van der Waals surface area (Å²) in [6, 6.07) is 11.0. The zero-order chi connectivity index (χ0) is 19.5. The van der Waals surface area contributed by atoms with Crippen LogP contribution in [0.3, 0.4) is 0 Å². The second-order valence-corrected chi connectivity index (χ2v) is 12.2. The molecule has 0 aliphatic heterocycles. The molecule has 0 heterocycles. The number of allylic oxidation sites excluding steroid dienone is 2. The maximum atomic E-state index is 14.0. The fourth-order valence-electron chi connectivity index (χ4n) is 12.8. The van der Waals surface area contributed by atoms with Gasteiger partial charge >= 0.3 is 5.97 Å². The van der Waals surface area contributed by atoms with Crippen LogP contribution in [0.15, 0.2) is 41.5 Å². The highest BCUT2D eigenvalue weighted by Gasteiger charge is 2.86. The monoisotopic (exact) mass is 398 g/mol. The first-order valence-electron chi connectivity index (χ1n) is 12.6. The zero-order valence-electron chi connectivity index (χ0n) is 17.7. The van der Waals surface area contributed by atoms with Gasteiger partial charge in [0.1, 0.15) is 0 Å². The van der Waals surface area contributed by atoms with Crippen LogP contribution < -0.4 is 0 Å². The predicted octanol–water partition coefficient (Wildman–Crippen LogP) is 4.75. The van der Waals surface area contributed by atoms with Crippen LogP contribution in [0.4, 0.5) is 0 Å². The van der Waals surface area contributed by atoms with Crippen molar-refractivity contribution < 1.29 is 9.53 Å². The third-order valence-electron chi connectivity index (χ3n) is 12.4. The van der Waals surface area contributed by atoms with Gasteiger partial charge in [0, 0.05) is 0 Å². The molecule has 0 radical (unpaired) electrons. The average molecular weight is 399 g/mol. The lowest BCUT2D eigenvalue weighted by Crippen LogP contribution is -2.48. The minimum atomic E-state index is -0.259. The van der Waals surface area contributed by atoms with Crippen molar-refractivity contribution in [3.8, 4) is 0 Å². The Morgan fingerprint density at radius 3 is 2.57 bits per heavy atom. The Balaban J connectivity index is 1.34. The summed E-state index contributed by atoms with van der Waals surface area (Å²) in [5.74, 6) is 10.0. The first-order valence-corrected chi connectivity index (χ1v) is 12.6. The van der Waals surface area contributed by atoms with Crippen molar-refractivity contribution >= 4 is 5.97 Å². The van der Waals surface area contributed by atoms with E-state index in [-0.39, 0.29) is 11.4 Å². The maximum Gasteiger partial charge on any atom is 0.312 e. The van der Waals surface area contributed by atoms with Crippen molar-refractivity contribution in [2.75, 3.05) is 7.11 Å². The minimum Gasteiger partial charge on any atom is -0.469 e. The summed E-state index contributed by atoms with van der Waals surface area (Å²) in [7, 11) is 1.67. The molecule has 7 saturated carbocycles. The molecule has 7 fully saturated rings. The van der Waals surface area contributed by atoms with E-state index in [0.717, 1.165) is 65.6 Å². The van der Waals surface area contributed by atoms with Gasteiger partial charge in [-0.1, -0.05) is 41.5 Å². The van der Waals surface area contributed by atoms with E-state index >= 15 is 0 Å². The number of esters is 1. The van der Waals surface area contributed by atoms with E-state index in [2.05, 4.69) is 30.3 Å². The molecular weight excluding hydrogens is 368 g/mol.